The zero-order valence-electron chi connectivity index (χ0n) is 11.5. The summed E-state index contributed by atoms with van der Waals surface area (Å²) in [7, 11) is 0. The molecule has 2 fully saturated rings. The van der Waals surface area contributed by atoms with Crippen LogP contribution >= 0.6 is 23.2 Å². The van der Waals surface area contributed by atoms with Gasteiger partial charge in [-0.1, -0.05) is 36.0 Å². The molecule has 1 aliphatic heterocycles. The average Bonchev–Trinajstić information content (AvgIpc) is 3.11. The highest BCUT2D eigenvalue weighted by Gasteiger charge is 2.47. The molecular formula is C16H19Cl2NO. The number of Topliss-reactive ketones (excluding diaryl/α,β-unsaturated/α-hetero) is 1. The van der Waals surface area contributed by atoms with Crippen LogP contribution in [0.2, 0.25) is 10.0 Å². The molecule has 0 amide bonds. The minimum Gasteiger partial charge on any atom is -0.292 e. The minimum absolute atomic E-state index is 0.171. The highest BCUT2D eigenvalue weighted by Crippen LogP contribution is 2.41. The van der Waals surface area contributed by atoms with Crippen LogP contribution in [-0.4, -0.2) is 29.3 Å². The van der Waals surface area contributed by atoms with E-state index in [1.54, 1.807) is 18.2 Å². The van der Waals surface area contributed by atoms with Gasteiger partial charge in [0.05, 0.1) is 10.6 Å². The molecule has 0 unspecified atom stereocenters. The van der Waals surface area contributed by atoms with Gasteiger partial charge in [0.25, 0.3) is 0 Å². The number of halogens is 2. The van der Waals surface area contributed by atoms with E-state index in [1.807, 2.05) is 0 Å². The van der Waals surface area contributed by atoms with Crippen LogP contribution in [0.5, 0.6) is 0 Å². The number of rotatable bonds is 3. The standard InChI is InChI=1S/C16H19Cl2NO/c17-12-5-6-14(18)13(11-12)15(20)16(7-1-2-8-16)19-9-3-4-10-19/h5-6,11H,1-4,7-10H2. The SMILES string of the molecule is O=C(c1cc(Cl)ccc1Cl)C1(N2CCCC2)CCCC1. The Balaban J connectivity index is 1.99. The summed E-state index contributed by atoms with van der Waals surface area (Å²) in [6.45, 7) is 2.06. The molecule has 108 valence electrons. The van der Waals surface area contributed by atoms with Crippen molar-refractivity contribution in [2.24, 2.45) is 0 Å². The van der Waals surface area contributed by atoms with Crippen LogP contribution in [0.3, 0.4) is 0 Å². The van der Waals surface area contributed by atoms with Crippen LogP contribution < -0.4 is 0 Å². The summed E-state index contributed by atoms with van der Waals surface area (Å²) in [6.07, 6.45) is 6.54. The van der Waals surface area contributed by atoms with Gasteiger partial charge in [0.1, 0.15) is 0 Å². The molecule has 0 atom stereocenters. The van der Waals surface area contributed by atoms with E-state index >= 15 is 0 Å². The molecular weight excluding hydrogens is 293 g/mol. The highest BCUT2D eigenvalue weighted by atomic mass is 35.5. The van der Waals surface area contributed by atoms with Gasteiger partial charge in [-0.25, -0.2) is 0 Å². The van der Waals surface area contributed by atoms with Gasteiger partial charge < -0.3 is 0 Å². The maximum atomic E-state index is 13.1. The topological polar surface area (TPSA) is 20.3 Å². The second kappa shape index (κ2) is 5.67. The fourth-order valence-electron chi connectivity index (χ4n) is 3.71. The van der Waals surface area contributed by atoms with E-state index in [0.717, 1.165) is 38.8 Å². The largest absolute Gasteiger partial charge is 0.292 e. The van der Waals surface area contributed by atoms with E-state index in [4.69, 9.17) is 23.2 Å². The fourth-order valence-corrected chi connectivity index (χ4v) is 4.09. The quantitative estimate of drug-likeness (QED) is 0.761. The number of carbonyl (C=O) groups is 1. The second-order valence-electron chi connectivity index (χ2n) is 5.89. The van der Waals surface area contributed by atoms with Crippen molar-refractivity contribution in [3.05, 3.63) is 33.8 Å². The third-order valence-electron chi connectivity index (χ3n) is 4.74. The van der Waals surface area contributed by atoms with Crippen molar-refractivity contribution in [2.75, 3.05) is 13.1 Å². The van der Waals surface area contributed by atoms with Gasteiger partial charge in [-0.2, -0.15) is 0 Å². The van der Waals surface area contributed by atoms with Gasteiger partial charge in [0, 0.05) is 10.6 Å². The summed E-state index contributed by atoms with van der Waals surface area (Å²) < 4.78 is 0. The number of likely N-dealkylation sites (tertiary alicyclic amines) is 1. The third-order valence-corrected chi connectivity index (χ3v) is 5.30. The van der Waals surface area contributed by atoms with Crippen molar-refractivity contribution in [2.45, 2.75) is 44.1 Å². The van der Waals surface area contributed by atoms with Crippen molar-refractivity contribution < 1.29 is 4.79 Å². The van der Waals surface area contributed by atoms with E-state index in [0.29, 0.717) is 15.6 Å². The number of ketones is 1. The zero-order chi connectivity index (χ0) is 14.2. The Morgan fingerprint density at radius 3 is 2.35 bits per heavy atom. The summed E-state index contributed by atoms with van der Waals surface area (Å²) in [5.74, 6) is 0.171. The third kappa shape index (κ3) is 2.38. The first-order chi connectivity index (χ1) is 9.63. The molecule has 2 aliphatic rings. The lowest BCUT2D eigenvalue weighted by Gasteiger charge is -2.37. The molecule has 1 aromatic rings. The van der Waals surface area contributed by atoms with E-state index in [1.165, 1.54) is 12.8 Å². The lowest BCUT2D eigenvalue weighted by Crippen LogP contribution is -2.51. The lowest BCUT2D eigenvalue weighted by molar-refractivity contribution is 0.0626. The molecule has 0 radical (unpaired) electrons. The summed E-state index contributed by atoms with van der Waals surface area (Å²) in [5, 5.41) is 1.09. The molecule has 1 saturated carbocycles. The Labute approximate surface area is 130 Å². The van der Waals surface area contributed by atoms with Crippen molar-refractivity contribution in [3.63, 3.8) is 0 Å². The summed E-state index contributed by atoms with van der Waals surface area (Å²) in [4.78, 5) is 15.5. The Bertz CT molecular complexity index is 517. The normalized spacial score (nSPS) is 22.3. The Morgan fingerprint density at radius 2 is 1.70 bits per heavy atom. The predicted octanol–water partition coefficient (Wildman–Crippen LogP) is 4.58. The van der Waals surface area contributed by atoms with Gasteiger partial charge in [0.15, 0.2) is 5.78 Å². The van der Waals surface area contributed by atoms with E-state index < -0.39 is 0 Å². The van der Waals surface area contributed by atoms with Gasteiger partial charge in [-0.3, -0.25) is 9.69 Å². The molecule has 1 saturated heterocycles. The van der Waals surface area contributed by atoms with Gasteiger partial charge in [-0.05, 0) is 57.0 Å². The summed E-state index contributed by atoms with van der Waals surface area (Å²) in [5.41, 5.74) is 0.262. The van der Waals surface area contributed by atoms with E-state index in [9.17, 15) is 4.79 Å². The molecule has 2 nitrogen and oxygen atoms in total. The van der Waals surface area contributed by atoms with Crippen molar-refractivity contribution in [1.82, 2.24) is 4.90 Å². The van der Waals surface area contributed by atoms with E-state index in [-0.39, 0.29) is 11.3 Å². The molecule has 1 aliphatic carbocycles. The first-order valence-corrected chi connectivity index (χ1v) is 8.14. The molecule has 1 heterocycles. The number of carbonyl (C=O) groups excluding carboxylic acids is 1. The molecule has 0 N–H and O–H groups in total. The molecule has 3 rings (SSSR count). The monoisotopic (exact) mass is 311 g/mol. The summed E-state index contributed by atoms with van der Waals surface area (Å²) >= 11 is 12.3. The first kappa shape index (κ1) is 14.4. The van der Waals surface area contributed by atoms with Crippen molar-refractivity contribution in [1.29, 1.82) is 0 Å². The fraction of sp³-hybridized carbons (Fsp3) is 0.562. The molecule has 0 bridgehead atoms. The van der Waals surface area contributed by atoms with Gasteiger partial charge in [-0.15, -0.1) is 0 Å². The number of nitrogens with zero attached hydrogens (tertiary/aromatic N) is 1. The second-order valence-corrected chi connectivity index (χ2v) is 6.73. The highest BCUT2D eigenvalue weighted by molar-refractivity contribution is 6.36. The maximum absolute atomic E-state index is 13.1. The zero-order valence-corrected chi connectivity index (χ0v) is 13.0. The minimum atomic E-state index is -0.329. The molecule has 20 heavy (non-hydrogen) atoms. The number of hydrogen-bond acceptors (Lipinski definition) is 2. The van der Waals surface area contributed by atoms with Crippen LogP contribution in [0.25, 0.3) is 0 Å². The molecule has 0 spiro atoms. The Morgan fingerprint density at radius 1 is 1.05 bits per heavy atom. The van der Waals surface area contributed by atoms with Crippen LogP contribution in [-0.2, 0) is 0 Å². The Hall–Kier alpha value is -0.570. The predicted molar refractivity (Wildman–Crippen MR) is 82.8 cm³/mol. The van der Waals surface area contributed by atoms with Crippen LogP contribution in [0.15, 0.2) is 18.2 Å². The molecule has 0 aromatic heterocycles. The van der Waals surface area contributed by atoms with E-state index in [2.05, 4.69) is 4.90 Å². The van der Waals surface area contributed by atoms with Crippen LogP contribution in [0.1, 0.15) is 48.9 Å². The van der Waals surface area contributed by atoms with Crippen molar-refractivity contribution >= 4 is 29.0 Å². The average molecular weight is 312 g/mol. The van der Waals surface area contributed by atoms with Gasteiger partial charge in [0.2, 0.25) is 0 Å². The van der Waals surface area contributed by atoms with Crippen molar-refractivity contribution in [3.8, 4) is 0 Å². The maximum Gasteiger partial charge on any atom is 0.184 e. The number of benzene rings is 1. The lowest BCUT2D eigenvalue weighted by atomic mass is 9.86. The Kier molecular flexibility index (Phi) is 4.07. The van der Waals surface area contributed by atoms with Gasteiger partial charge >= 0.3 is 0 Å². The molecule has 4 heteroatoms. The summed E-state index contributed by atoms with van der Waals surface area (Å²) in [6, 6.07) is 5.18. The first-order valence-electron chi connectivity index (χ1n) is 7.38. The molecule has 1 aromatic carbocycles. The number of hydrogen-bond donors (Lipinski definition) is 0. The van der Waals surface area contributed by atoms with Crippen LogP contribution in [0.4, 0.5) is 0 Å². The smallest absolute Gasteiger partial charge is 0.184 e. The van der Waals surface area contributed by atoms with Crippen LogP contribution in [0, 0.1) is 0 Å².